The molecule has 1 N–H and O–H groups in total. The zero-order chi connectivity index (χ0) is 13.1. The van der Waals surface area contributed by atoms with Crippen LogP contribution < -0.4 is 5.32 Å². The van der Waals surface area contributed by atoms with E-state index in [0.29, 0.717) is 6.04 Å². The fourth-order valence-corrected chi connectivity index (χ4v) is 3.53. The van der Waals surface area contributed by atoms with Gasteiger partial charge in [0.2, 0.25) is 0 Å². The second-order valence-corrected chi connectivity index (χ2v) is 7.00. The molecule has 1 aromatic rings. The second kappa shape index (κ2) is 6.16. The summed E-state index contributed by atoms with van der Waals surface area (Å²) in [5.41, 5.74) is 1.21. The zero-order valence-corrected chi connectivity index (χ0v) is 12.9. The normalized spacial score (nSPS) is 18.9. The summed E-state index contributed by atoms with van der Waals surface area (Å²) in [5, 5.41) is 5.05. The highest BCUT2D eigenvalue weighted by Crippen LogP contribution is 2.39. The van der Waals surface area contributed by atoms with Crippen molar-refractivity contribution in [3.8, 4) is 0 Å². The van der Waals surface area contributed by atoms with Crippen LogP contribution in [0.1, 0.15) is 48.7 Å². The number of rotatable bonds is 7. The van der Waals surface area contributed by atoms with E-state index in [1.54, 1.807) is 0 Å². The Labute approximate surface area is 115 Å². The van der Waals surface area contributed by atoms with Crippen LogP contribution in [0.25, 0.3) is 0 Å². The Morgan fingerprint density at radius 3 is 2.61 bits per heavy atom. The second-order valence-electron chi connectivity index (χ2n) is 5.71. The van der Waals surface area contributed by atoms with Gasteiger partial charge in [0.15, 0.2) is 0 Å². The maximum absolute atomic E-state index is 4.70. The number of aromatic nitrogens is 1. The van der Waals surface area contributed by atoms with Gasteiger partial charge in [0.25, 0.3) is 0 Å². The molecular formula is C15H26N2S. The minimum atomic E-state index is 0.613. The monoisotopic (exact) mass is 266 g/mol. The van der Waals surface area contributed by atoms with Gasteiger partial charge in [-0.15, -0.1) is 11.3 Å². The maximum atomic E-state index is 4.70. The SMILES string of the molecule is CCCNC(Cc1nc(C)c(C)s1)C(C)C1CC1. The Bertz CT molecular complexity index is 362. The first-order chi connectivity index (χ1) is 8.61. The van der Waals surface area contributed by atoms with Gasteiger partial charge < -0.3 is 5.32 Å². The van der Waals surface area contributed by atoms with Crippen molar-refractivity contribution in [3.05, 3.63) is 15.6 Å². The van der Waals surface area contributed by atoms with Crippen molar-refractivity contribution >= 4 is 11.3 Å². The maximum Gasteiger partial charge on any atom is 0.0946 e. The van der Waals surface area contributed by atoms with E-state index in [2.05, 4.69) is 33.0 Å². The van der Waals surface area contributed by atoms with Crippen LogP contribution >= 0.6 is 11.3 Å². The van der Waals surface area contributed by atoms with Crippen molar-refractivity contribution in [3.63, 3.8) is 0 Å². The minimum Gasteiger partial charge on any atom is -0.313 e. The molecule has 2 nitrogen and oxygen atoms in total. The molecule has 2 atom stereocenters. The molecule has 18 heavy (non-hydrogen) atoms. The van der Waals surface area contributed by atoms with E-state index in [-0.39, 0.29) is 0 Å². The molecule has 102 valence electrons. The van der Waals surface area contributed by atoms with Crippen LogP contribution in [0.4, 0.5) is 0 Å². The van der Waals surface area contributed by atoms with Gasteiger partial charge in [-0.3, -0.25) is 0 Å². The van der Waals surface area contributed by atoms with Crippen molar-refractivity contribution in [2.45, 2.75) is 59.4 Å². The van der Waals surface area contributed by atoms with Crippen molar-refractivity contribution in [1.29, 1.82) is 0 Å². The van der Waals surface area contributed by atoms with E-state index in [9.17, 15) is 0 Å². The third kappa shape index (κ3) is 3.55. The van der Waals surface area contributed by atoms with E-state index in [4.69, 9.17) is 4.98 Å². The third-order valence-electron chi connectivity index (χ3n) is 4.12. The summed E-state index contributed by atoms with van der Waals surface area (Å²) in [5.74, 6) is 1.75. The van der Waals surface area contributed by atoms with E-state index in [1.165, 1.54) is 34.8 Å². The van der Waals surface area contributed by atoms with Crippen LogP contribution in [0.5, 0.6) is 0 Å². The van der Waals surface area contributed by atoms with E-state index in [1.807, 2.05) is 11.3 Å². The highest BCUT2D eigenvalue weighted by molar-refractivity contribution is 7.11. The van der Waals surface area contributed by atoms with Crippen molar-refractivity contribution in [2.75, 3.05) is 6.54 Å². The highest BCUT2D eigenvalue weighted by Gasteiger charge is 2.33. The molecule has 1 aromatic heterocycles. The Balaban J connectivity index is 1.98. The fourth-order valence-electron chi connectivity index (χ4n) is 2.54. The lowest BCUT2D eigenvalue weighted by Gasteiger charge is -2.24. The number of hydrogen-bond acceptors (Lipinski definition) is 3. The average molecular weight is 266 g/mol. The fraction of sp³-hybridized carbons (Fsp3) is 0.800. The van der Waals surface area contributed by atoms with Gasteiger partial charge >= 0.3 is 0 Å². The third-order valence-corrected chi connectivity index (χ3v) is 5.22. The largest absolute Gasteiger partial charge is 0.313 e. The number of aryl methyl sites for hydroxylation is 2. The molecule has 1 aliphatic carbocycles. The number of hydrogen-bond donors (Lipinski definition) is 1. The predicted molar refractivity (Wildman–Crippen MR) is 79.3 cm³/mol. The van der Waals surface area contributed by atoms with Gasteiger partial charge in [0.05, 0.1) is 10.7 Å². The Morgan fingerprint density at radius 2 is 2.11 bits per heavy atom. The average Bonchev–Trinajstić information content (AvgIpc) is 3.12. The van der Waals surface area contributed by atoms with Crippen molar-refractivity contribution < 1.29 is 0 Å². The van der Waals surface area contributed by atoms with Crippen LogP contribution in [0, 0.1) is 25.7 Å². The Morgan fingerprint density at radius 1 is 1.39 bits per heavy atom. The summed E-state index contributed by atoms with van der Waals surface area (Å²) >= 11 is 1.87. The predicted octanol–water partition coefficient (Wildman–Crippen LogP) is 3.72. The minimum absolute atomic E-state index is 0.613. The Hall–Kier alpha value is -0.410. The summed E-state index contributed by atoms with van der Waals surface area (Å²) in [7, 11) is 0. The van der Waals surface area contributed by atoms with Gasteiger partial charge in [-0.2, -0.15) is 0 Å². The first-order valence-electron chi connectivity index (χ1n) is 7.28. The number of nitrogens with zero attached hydrogens (tertiary/aromatic N) is 1. The smallest absolute Gasteiger partial charge is 0.0946 e. The van der Waals surface area contributed by atoms with E-state index < -0.39 is 0 Å². The standard InChI is InChI=1S/C15H26N2S/c1-5-8-16-14(10(2)13-6-7-13)9-15-17-11(3)12(4)18-15/h10,13-14,16H,5-9H2,1-4H3. The molecule has 0 aromatic carbocycles. The van der Waals surface area contributed by atoms with Crippen LogP contribution in [0.2, 0.25) is 0 Å². The summed E-state index contributed by atoms with van der Waals surface area (Å²) in [6.45, 7) is 10.1. The van der Waals surface area contributed by atoms with Crippen LogP contribution in [-0.2, 0) is 6.42 Å². The van der Waals surface area contributed by atoms with Gasteiger partial charge in [-0.1, -0.05) is 13.8 Å². The molecule has 0 saturated heterocycles. The van der Waals surface area contributed by atoms with Crippen LogP contribution in [-0.4, -0.2) is 17.6 Å². The lowest BCUT2D eigenvalue weighted by atomic mass is 9.94. The van der Waals surface area contributed by atoms with Crippen molar-refractivity contribution in [2.24, 2.45) is 11.8 Å². The summed E-state index contributed by atoms with van der Waals surface area (Å²) in [6.07, 6.45) is 5.18. The van der Waals surface area contributed by atoms with Gasteiger partial charge in [0.1, 0.15) is 0 Å². The summed E-state index contributed by atoms with van der Waals surface area (Å²) in [4.78, 5) is 6.07. The summed E-state index contributed by atoms with van der Waals surface area (Å²) in [6, 6.07) is 0.613. The van der Waals surface area contributed by atoms with Crippen LogP contribution in [0.3, 0.4) is 0 Å². The molecule has 1 saturated carbocycles. The molecule has 3 heteroatoms. The molecular weight excluding hydrogens is 240 g/mol. The molecule has 1 heterocycles. The van der Waals surface area contributed by atoms with E-state index >= 15 is 0 Å². The highest BCUT2D eigenvalue weighted by atomic mass is 32.1. The molecule has 1 fully saturated rings. The topological polar surface area (TPSA) is 24.9 Å². The van der Waals surface area contributed by atoms with Crippen molar-refractivity contribution in [1.82, 2.24) is 10.3 Å². The zero-order valence-electron chi connectivity index (χ0n) is 12.1. The van der Waals surface area contributed by atoms with Gasteiger partial charge in [-0.05, 0) is 51.5 Å². The summed E-state index contributed by atoms with van der Waals surface area (Å²) < 4.78 is 0. The molecule has 0 amide bonds. The number of nitrogens with one attached hydrogen (secondary N) is 1. The van der Waals surface area contributed by atoms with Crippen LogP contribution in [0.15, 0.2) is 0 Å². The van der Waals surface area contributed by atoms with Gasteiger partial charge in [0, 0.05) is 17.3 Å². The quantitative estimate of drug-likeness (QED) is 0.813. The van der Waals surface area contributed by atoms with E-state index in [0.717, 1.165) is 24.8 Å². The molecule has 2 rings (SSSR count). The van der Waals surface area contributed by atoms with Gasteiger partial charge in [-0.25, -0.2) is 4.98 Å². The molecule has 2 unspecified atom stereocenters. The lowest BCUT2D eigenvalue weighted by molar-refractivity contribution is 0.339. The lowest BCUT2D eigenvalue weighted by Crippen LogP contribution is -2.38. The molecule has 0 aliphatic heterocycles. The molecule has 0 radical (unpaired) electrons. The first kappa shape index (κ1) is 14.0. The molecule has 0 bridgehead atoms. The number of thiazole rings is 1. The molecule has 1 aliphatic rings. The first-order valence-corrected chi connectivity index (χ1v) is 8.09. The molecule has 0 spiro atoms. The Kier molecular flexibility index (Phi) is 4.79.